The molecule has 0 spiro atoms. The second-order valence-corrected chi connectivity index (χ2v) is 4.94. The predicted molar refractivity (Wildman–Crippen MR) is 75.5 cm³/mol. The van der Waals surface area contributed by atoms with Gasteiger partial charge in [-0.15, -0.1) is 0 Å². The summed E-state index contributed by atoms with van der Waals surface area (Å²) in [5.74, 6) is -0.478. The topological polar surface area (TPSA) is 61.8 Å². The molecular formula is C14H15BrO5. The number of benzene rings is 1. The summed E-state index contributed by atoms with van der Waals surface area (Å²) in [5.41, 5.74) is 1.01. The third-order valence-electron chi connectivity index (χ3n) is 2.93. The van der Waals surface area contributed by atoms with E-state index in [1.54, 1.807) is 13.0 Å². The van der Waals surface area contributed by atoms with Crippen LogP contribution in [0.25, 0.3) is 0 Å². The van der Waals surface area contributed by atoms with Crippen molar-refractivity contribution in [3.05, 3.63) is 21.7 Å². The van der Waals surface area contributed by atoms with Gasteiger partial charge in [0.15, 0.2) is 11.5 Å². The van der Waals surface area contributed by atoms with Crippen LogP contribution in [0.1, 0.15) is 29.8 Å². The number of halogens is 1. The van der Waals surface area contributed by atoms with E-state index in [0.29, 0.717) is 46.7 Å². The minimum absolute atomic E-state index is 0.164. The Labute approximate surface area is 125 Å². The zero-order valence-electron chi connectivity index (χ0n) is 11.3. The molecule has 1 aromatic carbocycles. The molecule has 0 unspecified atom stereocenters. The average molecular weight is 343 g/mol. The molecule has 0 fully saturated rings. The number of ether oxygens (including phenoxy) is 3. The van der Waals surface area contributed by atoms with Gasteiger partial charge in [-0.1, -0.05) is 6.92 Å². The van der Waals surface area contributed by atoms with Gasteiger partial charge in [-0.2, -0.15) is 0 Å². The molecule has 0 amide bonds. The summed E-state index contributed by atoms with van der Waals surface area (Å²) in [7, 11) is 0. The first kappa shape index (κ1) is 14.8. The summed E-state index contributed by atoms with van der Waals surface area (Å²) >= 11 is 3.43. The lowest BCUT2D eigenvalue weighted by molar-refractivity contribution is -0.137. The van der Waals surface area contributed by atoms with E-state index in [9.17, 15) is 9.59 Å². The molecule has 0 radical (unpaired) electrons. The van der Waals surface area contributed by atoms with Gasteiger partial charge < -0.3 is 14.2 Å². The Bertz CT molecular complexity index is 553. The van der Waals surface area contributed by atoms with Crippen molar-refractivity contribution in [1.82, 2.24) is 0 Å². The van der Waals surface area contributed by atoms with Crippen LogP contribution >= 0.6 is 15.9 Å². The van der Waals surface area contributed by atoms with E-state index in [0.717, 1.165) is 0 Å². The third kappa shape index (κ3) is 2.65. The van der Waals surface area contributed by atoms with Crippen molar-refractivity contribution >= 4 is 27.7 Å². The summed E-state index contributed by atoms with van der Waals surface area (Å²) < 4.78 is 16.4. The van der Waals surface area contributed by atoms with E-state index in [-0.39, 0.29) is 6.61 Å². The predicted octanol–water partition coefficient (Wildman–Crippen LogP) is 2.53. The summed E-state index contributed by atoms with van der Waals surface area (Å²) in [6.07, 6.45) is 0.581. The number of hydrogen-bond donors (Lipinski definition) is 0. The molecule has 0 bridgehead atoms. The number of fused-ring (bicyclic) bond motifs is 1. The van der Waals surface area contributed by atoms with Gasteiger partial charge in [0.25, 0.3) is 5.78 Å². The van der Waals surface area contributed by atoms with Gasteiger partial charge in [0, 0.05) is 5.56 Å². The maximum Gasteiger partial charge on any atom is 0.379 e. The molecular weight excluding hydrogens is 328 g/mol. The number of hydrogen-bond acceptors (Lipinski definition) is 5. The maximum atomic E-state index is 12.2. The maximum absolute atomic E-state index is 12.2. The Hall–Kier alpha value is -1.56. The molecule has 20 heavy (non-hydrogen) atoms. The van der Waals surface area contributed by atoms with Gasteiger partial charge in [-0.05, 0) is 40.9 Å². The molecule has 0 saturated carbocycles. The lowest BCUT2D eigenvalue weighted by atomic mass is 10.00. The molecule has 0 N–H and O–H groups in total. The van der Waals surface area contributed by atoms with Crippen LogP contribution in [0.3, 0.4) is 0 Å². The second kappa shape index (κ2) is 6.26. The highest BCUT2D eigenvalue weighted by atomic mass is 79.9. The quantitative estimate of drug-likeness (QED) is 0.478. The van der Waals surface area contributed by atoms with Crippen LogP contribution in [0.15, 0.2) is 10.5 Å². The van der Waals surface area contributed by atoms with Crippen LogP contribution in [-0.4, -0.2) is 31.6 Å². The molecule has 2 rings (SSSR count). The molecule has 0 aromatic heterocycles. The summed E-state index contributed by atoms with van der Waals surface area (Å²) in [6.45, 7) is 4.60. The van der Waals surface area contributed by atoms with Crippen LogP contribution in [0.4, 0.5) is 0 Å². The number of rotatable bonds is 4. The Morgan fingerprint density at radius 3 is 2.65 bits per heavy atom. The van der Waals surface area contributed by atoms with E-state index in [4.69, 9.17) is 14.2 Å². The van der Waals surface area contributed by atoms with Gasteiger partial charge >= 0.3 is 5.97 Å². The summed E-state index contributed by atoms with van der Waals surface area (Å²) in [5, 5.41) is 0. The van der Waals surface area contributed by atoms with Crippen molar-refractivity contribution in [2.24, 2.45) is 0 Å². The highest BCUT2D eigenvalue weighted by Gasteiger charge is 2.27. The third-order valence-corrected chi connectivity index (χ3v) is 3.77. The summed E-state index contributed by atoms with van der Waals surface area (Å²) in [6, 6.07) is 1.55. The highest BCUT2D eigenvalue weighted by molar-refractivity contribution is 9.10. The minimum Gasteiger partial charge on any atom is -0.486 e. The normalized spacial score (nSPS) is 12.9. The van der Waals surface area contributed by atoms with E-state index in [2.05, 4.69) is 15.9 Å². The SMILES string of the molecule is CCOC(=O)C(=O)c1cc2c(c(Br)c1CC)OCCO2. The fraction of sp³-hybridized carbons (Fsp3) is 0.429. The van der Waals surface area contributed by atoms with Gasteiger partial charge in [-0.3, -0.25) is 4.79 Å². The fourth-order valence-electron chi connectivity index (χ4n) is 2.04. The summed E-state index contributed by atoms with van der Waals surface area (Å²) in [4.78, 5) is 23.8. The Morgan fingerprint density at radius 1 is 1.30 bits per heavy atom. The Balaban J connectivity index is 2.49. The number of esters is 1. The highest BCUT2D eigenvalue weighted by Crippen LogP contribution is 2.42. The molecule has 0 atom stereocenters. The number of Topliss-reactive ketones (excluding diaryl/α,β-unsaturated/α-hetero) is 1. The number of ketones is 1. The van der Waals surface area contributed by atoms with Crippen LogP contribution in [0.2, 0.25) is 0 Å². The van der Waals surface area contributed by atoms with Gasteiger partial charge in [0.05, 0.1) is 11.1 Å². The number of carbonyl (C=O) groups excluding carboxylic acids is 2. The van der Waals surface area contributed by atoms with Crippen molar-refractivity contribution in [1.29, 1.82) is 0 Å². The molecule has 1 aliphatic rings. The van der Waals surface area contributed by atoms with Crippen LogP contribution < -0.4 is 9.47 Å². The van der Waals surface area contributed by atoms with E-state index < -0.39 is 11.8 Å². The van der Waals surface area contributed by atoms with Crippen molar-refractivity contribution < 1.29 is 23.8 Å². The first-order chi connectivity index (χ1) is 9.60. The standard InChI is InChI=1S/C14H15BrO5/c1-3-8-9(12(16)14(17)18-4-2)7-10-13(11(8)15)20-6-5-19-10/h7H,3-6H2,1-2H3. The molecule has 108 valence electrons. The van der Waals surface area contributed by atoms with Gasteiger partial charge in [0.1, 0.15) is 13.2 Å². The van der Waals surface area contributed by atoms with E-state index in [1.807, 2.05) is 6.92 Å². The molecule has 0 aliphatic carbocycles. The zero-order valence-corrected chi connectivity index (χ0v) is 12.9. The molecule has 1 heterocycles. The first-order valence-electron chi connectivity index (χ1n) is 6.42. The minimum atomic E-state index is -0.856. The van der Waals surface area contributed by atoms with E-state index in [1.165, 1.54) is 0 Å². The fourth-order valence-corrected chi connectivity index (χ4v) is 2.84. The first-order valence-corrected chi connectivity index (χ1v) is 7.21. The van der Waals surface area contributed by atoms with Crippen molar-refractivity contribution in [3.63, 3.8) is 0 Å². The molecule has 5 nitrogen and oxygen atoms in total. The molecule has 1 aliphatic heterocycles. The largest absolute Gasteiger partial charge is 0.486 e. The van der Waals surface area contributed by atoms with Crippen molar-refractivity contribution in [2.45, 2.75) is 20.3 Å². The smallest absolute Gasteiger partial charge is 0.379 e. The molecule has 6 heteroatoms. The second-order valence-electron chi connectivity index (χ2n) is 4.14. The van der Waals surface area contributed by atoms with Gasteiger partial charge in [-0.25, -0.2) is 4.79 Å². The Morgan fingerprint density at radius 2 is 2.00 bits per heavy atom. The van der Waals surface area contributed by atoms with E-state index >= 15 is 0 Å². The van der Waals surface area contributed by atoms with Crippen LogP contribution in [-0.2, 0) is 16.0 Å². The lowest BCUT2D eigenvalue weighted by Crippen LogP contribution is -2.21. The number of carbonyl (C=O) groups is 2. The monoisotopic (exact) mass is 342 g/mol. The van der Waals surface area contributed by atoms with Crippen LogP contribution in [0.5, 0.6) is 11.5 Å². The molecule has 1 aromatic rings. The van der Waals surface area contributed by atoms with Crippen molar-refractivity contribution in [2.75, 3.05) is 19.8 Å². The average Bonchev–Trinajstić information content (AvgIpc) is 2.46. The molecule has 0 saturated heterocycles. The Kier molecular flexibility index (Phi) is 4.65. The zero-order chi connectivity index (χ0) is 14.7. The van der Waals surface area contributed by atoms with Crippen LogP contribution in [0, 0.1) is 0 Å². The lowest BCUT2D eigenvalue weighted by Gasteiger charge is -2.22. The van der Waals surface area contributed by atoms with Crippen molar-refractivity contribution in [3.8, 4) is 11.5 Å². The van der Waals surface area contributed by atoms with Gasteiger partial charge in [0.2, 0.25) is 0 Å².